The van der Waals surface area contributed by atoms with E-state index in [1.807, 2.05) is 30.3 Å². The van der Waals surface area contributed by atoms with Crippen LogP contribution in [0.1, 0.15) is 11.1 Å². The maximum atomic E-state index is 12.1. The summed E-state index contributed by atoms with van der Waals surface area (Å²) in [6, 6.07) is 14.5. The lowest BCUT2D eigenvalue weighted by Gasteiger charge is -2.07. The molecule has 0 saturated heterocycles. The van der Waals surface area contributed by atoms with Crippen LogP contribution in [0.3, 0.4) is 0 Å². The molecule has 2 aromatic carbocycles. The fourth-order valence-electron chi connectivity index (χ4n) is 2.25. The van der Waals surface area contributed by atoms with Crippen molar-refractivity contribution in [2.45, 2.75) is 0 Å². The number of methoxy groups -OCH3 is 1. The van der Waals surface area contributed by atoms with Crippen molar-refractivity contribution in [3.63, 3.8) is 0 Å². The van der Waals surface area contributed by atoms with Gasteiger partial charge in [0.25, 0.3) is 0 Å². The van der Waals surface area contributed by atoms with E-state index in [9.17, 15) is 4.79 Å². The molecule has 0 radical (unpaired) electrons. The molecule has 0 bridgehead atoms. The number of allylic oxidation sites excluding steroid dienone is 2. The minimum Gasteiger partial charge on any atom is -0.496 e. The maximum absolute atomic E-state index is 12.1. The zero-order valence-corrected chi connectivity index (χ0v) is 14.7. The normalized spacial score (nSPS) is 16.0. The van der Waals surface area contributed by atoms with Crippen LogP contribution in [0, 0.1) is 0 Å². The summed E-state index contributed by atoms with van der Waals surface area (Å²) in [6.07, 6.45) is 3.19. The number of rotatable bonds is 4. The van der Waals surface area contributed by atoms with Gasteiger partial charge in [0.05, 0.1) is 12.7 Å². The quantitative estimate of drug-likeness (QED) is 0.570. The number of hydrogen-bond donors (Lipinski definition) is 0. The highest BCUT2D eigenvalue weighted by molar-refractivity contribution is 6.33. The van der Waals surface area contributed by atoms with E-state index < -0.39 is 5.97 Å². The van der Waals surface area contributed by atoms with Crippen LogP contribution < -0.4 is 4.74 Å². The molecule has 3 rings (SSSR count). The number of esters is 1. The minimum atomic E-state index is -0.586. The van der Waals surface area contributed by atoms with E-state index in [1.54, 1.807) is 24.3 Å². The number of ether oxygens (including phenoxy) is 2. The average Bonchev–Trinajstić information content (AvgIpc) is 2.96. The van der Waals surface area contributed by atoms with Gasteiger partial charge in [-0.15, -0.1) is 0 Å². The van der Waals surface area contributed by atoms with Crippen LogP contribution in [-0.2, 0) is 9.53 Å². The van der Waals surface area contributed by atoms with Crippen LogP contribution in [0.2, 0.25) is 5.02 Å². The summed E-state index contributed by atoms with van der Waals surface area (Å²) in [5.74, 6) is 0.0412. The molecule has 1 heterocycles. The number of halogens is 2. The van der Waals surface area contributed by atoms with Crippen LogP contribution in [0.15, 0.2) is 70.3 Å². The van der Waals surface area contributed by atoms with Gasteiger partial charge in [-0.05, 0) is 35.9 Å². The minimum absolute atomic E-state index is 0.106. The van der Waals surface area contributed by atoms with Gasteiger partial charge < -0.3 is 9.47 Å². The molecule has 0 aromatic heterocycles. The van der Waals surface area contributed by atoms with Crippen molar-refractivity contribution in [1.29, 1.82) is 0 Å². The predicted molar refractivity (Wildman–Crippen MR) is 99.0 cm³/mol. The molecule has 0 N–H and O–H groups in total. The molecule has 2 aromatic rings. The first-order valence-corrected chi connectivity index (χ1v) is 8.11. The predicted octanol–water partition coefficient (Wildman–Crippen LogP) is 4.82. The summed E-state index contributed by atoms with van der Waals surface area (Å²) in [7, 11) is 1.51. The number of cyclic esters (lactones) is 1. The lowest BCUT2D eigenvalue weighted by Crippen LogP contribution is -2.07. The van der Waals surface area contributed by atoms with Crippen molar-refractivity contribution in [2.24, 2.45) is 4.99 Å². The molecule has 0 saturated carbocycles. The molecule has 4 nitrogen and oxygen atoms in total. The third-order valence-corrected chi connectivity index (χ3v) is 3.84. The number of hydrogen-bond acceptors (Lipinski definition) is 4. The maximum Gasteiger partial charge on any atom is 0.363 e. The number of nitrogens with zero attached hydrogens (tertiary/aromatic N) is 1. The average molecular weight is 374 g/mol. The van der Waals surface area contributed by atoms with E-state index in [1.165, 1.54) is 13.2 Å². The van der Waals surface area contributed by atoms with Gasteiger partial charge in [-0.25, -0.2) is 9.79 Å². The molecule has 0 fully saturated rings. The molecule has 0 spiro atoms. The molecule has 126 valence electrons. The molecule has 0 unspecified atom stereocenters. The van der Waals surface area contributed by atoms with Gasteiger partial charge in [-0.3, -0.25) is 0 Å². The fraction of sp³-hybridized carbons (Fsp3) is 0.0526. The van der Waals surface area contributed by atoms with Gasteiger partial charge in [0, 0.05) is 10.1 Å². The number of benzene rings is 2. The van der Waals surface area contributed by atoms with Gasteiger partial charge in [-0.2, -0.15) is 0 Å². The third kappa shape index (κ3) is 4.10. The molecule has 0 amide bonds. The van der Waals surface area contributed by atoms with Crippen LogP contribution >= 0.6 is 23.2 Å². The molecular weight excluding hydrogens is 361 g/mol. The highest BCUT2D eigenvalue weighted by Gasteiger charge is 2.26. The first-order chi connectivity index (χ1) is 12.1. The van der Waals surface area contributed by atoms with Crippen molar-refractivity contribution in [3.8, 4) is 5.75 Å². The Labute approximate surface area is 155 Å². The van der Waals surface area contributed by atoms with Crippen LogP contribution in [0.5, 0.6) is 5.75 Å². The number of carbonyl (C=O) groups excluding carboxylic acids is 1. The Hall–Kier alpha value is -2.56. The van der Waals surface area contributed by atoms with Crippen LogP contribution in [0.4, 0.5) is 0 Å². The first kappa shape index (κ1) is 17.3. The van der Waals surface area contributed by atoms with E-state index in [-0.39, 0.29) is 11.6 Å². The highest BCUT2D eigenvalue weighted by atomic mass is 35.5. The standard InChI is InChI=1S/C19H13Cl2NO3/c1-24-17-8-7-13(20)10-15(17)18-22-16(19(23)25-18)11-14(21)9-12-5-3-2-4-6-12/h2-11H,1H3/b14-9-,16-11-. The highest BCUT2D eigenvalue weighted by Crippen LogP contribution is 2.28. The molecule has 1 aliphatic heterocycles. The second-order valence-electron chi connectivity index (χ2n) is 5.12. The largest absolute Gasteiger partial charge is 0.496 e. The van der Waals surface area contributed by atoms with Crippen LogP contribution in [-0.4, -0.2) is 19.0 Å². The van der Waals surface area contributed by atoms with Crippen molar-refractivity contribution in [2.75, 3.05) is 7.11 Å². The Morgan fingerprint density at radius 2 is 1.96 bits per heavy atom. The Kier molecular flexibility index (Phi) is 5.22. The summed E-state index contributed by atoms with van der Waals surface area (Å²) < 4.78 is 10.5. The molecule has 25 heavy (non-hydrogen) atoms. The Balaban J connectivity index is 1.93. The monoisotopic (exact) mass is 373 g/mol. The van der Waals surface area contributed by atoms with Crippen molar-refractivity contribution in [3.05, 3.63) is 81.5 Å². The van der Waals surface area contributed by atoms with Crippen molar-refractivity contribution in [1.82, 2.24) is 0 Å². The Morgan fingerprint density at radius 3 is 2.68 bits per heavy atom. The smallest absolute Gasteiger partial charge is 0.363 e. The topological polar surface area (TPSA) is 47.9 Å². The molecule has 0 atom stereocenters. The molecular formula is C19H13Cl2NO3. The van der Waals surface area contributed by atoms with Crippen molar-refractivity contribution >= 4 is 41.1 Å². The number of aliphatic imine (C=N–C) groups is 1. The lowest BCUT2D eigenvalue weighted by molar-refractivity contribution is -0.130. The lowest BCUT2D eigenvalue weighted by atomic mass is 10.2. The zero-order chi connectivity index (χ0) is 17.8. The van der Waals surface area contributed by atoms with Gasteiger partial charge in [-0.1, -0.05) is 53.5 Å². The summed E-state index contributed by atoms with van der Waals surface area (Å²) in [6.45, 7) is 0. The van der Waals surface area contributed by atoms with E-state index in [4.69, 9.17) is 32.7 Å². The summed E-state index contributed by atoms with van der Waals surface area (Å²) in [4.78, 5) is 16.3. The molecule has 6 heteroatoms. The third-order valence-electron chi connectivity index (χ3n) is 3.39. The van der Waals surface area contributed by atoms with E-state index >= 15 is 0 Å². The SMILES string of the molecule is COc1ccc(Cl)cc1C1=N/C(=C\C(Cl)=C\c2ccccc2)C(=O)O1. The Morgan fingerprint density at radius 1 is 1.20 bits per heavy atom. The van der Waals surface area contributed by atoms with Crippen LogP contribution in [0.25, 0.3) is 6.08 Å². The second-order valence-corrected chi connectivity index (χ2v) is 5.99. The van der Waals surface area contributed by atoms with Gasteiger partial charge in [0.1, 0.15) is 5.75 Å². The zero-order valence-electron chi connectivity index (χ0n) is 13.2. The fourth-order valence-corrected chi connectivity index (χ4v) is 2.65. The summed E-state index contributed by atoms with van der Waals surface area (Å²) in [5, 5.41) is 0.843. The van der Waals surface area contributed by atoms with E-state index in [0.717, 1.165) is 5.56 Å². The number of carbonyl (C=O) groups is 1. The van der Waals surface area contributed by atoms with Gasteiger partial charge >= 0.3 is 5.97 Å². The summed E-state index contributed by atoms with van der Waals surface area (Å²) in [5.41, 5.74) is 1.51. The summed E-state index contributed by atoms with van der Waals surface area (Å²) >= 11 is 12.2. The second kappa shape index (κ2) is 7.55. The van der Waals surface area contributed by atoms with Crippen molar-refractivity contribution < 1.29 is 14.3 Å². The van der Waals surface area contributed by atoms with E-state index in [2.05, 4.69) is 4.99 Å². The molecule has 0 aliphatic carbocycles. The van der Waals surface area contributed by atoms with Gasteiger partial charge in [0.15, 0.2) is 5.70 Å². The van der Waals surface area contributed by atoms with E-state index in [0.29, 0.717) is 21.4 Å². The van der Waals surface area contributed by atoms with Gasteiger partial charge in [0.2, 0.25) is 5.90 Å². The Bertz CT molecular complexity index is 902. The first-order valence-electron chi connectivity index (χ1n) is 7.35. The molecule has 1 aliphatic rings.